The van der Waals surface area contributed by atoms with Crippen molar-refractivity contribution in [2.75, 3.05) is 26.2 Å². The van der Waals surface area contributed by atoms with Gasteiger partial charge in [-0.15, -0.1) is 0 Å². The molecule has 170 valence electrons. The van der Waals surface area contributed by atoms with Gasteiger partial charge in [0.25, 0.3) is 6.20 Å². The van der Waals surface area contributed by atoms with E-state index in [1.54, 1.807) is 17.0 Å². The first-order valence-electron chi connectivity index (χ1n) is 11.1. The summed E-state index contributed by atoms with van der Waals surface area (Å²) >= 11 is 3.58. The molecule has 1 aromatic carbocycles. The molecule has 1 aliphatic carbocycles. The first-order chi connectivity index (χ1) is 16.0. The number of hydrogen-bond acceptors (Lipinski definition) is 5. The number of fused-ring (bicyclic) bond motifs is 2. The van der Waals surface area contributed by atoms with Crippen LogP contribution < -0.4 is 9.47 Å². The topological polar surface area (TPSA) is 69.8 Å². The molecule has 0 spiro atoms. The van der Waals surface area contributed by atoms with Gasteiger partial charge in [-0.1, -0.05) is 23.8 Å². The number of nitrogens with zero attached hydrogens (tertiary/aromatic N) is 4. The summed E-state index contributed by atoms with van der Waals surface area (Å²) in [5, 5.41) is 9.53. The van der Waals surface area contributed by atoms with Crippen LogP contribution >= 0.6 is 15.9 Å². The number of amides is 1. The van der Waals surface area contributed by atoms with Gasteiger partial charge >= 0.3 is 6.09 Å². The quantitative estimate of drug-likeness (QED) is 0.421. The predicted molar refractivity (Wildman–Crippen MR) is 125 cm³/mol. The van der Waals surface area contributed by atoms with Crippen molar-refractivity contribution in [3.05, 3.63) is 87.4 Å². The Kier molecular flexibility index (Phi) is 6.03. The zero-order chi connectivity index (χ0) is 22.9. The first kappa shape index (κ1) is 21.9. The average Bonchev–Trinajstić information content (AvgIpc) is 2.95. The highest BCUT2D eigenvalue weighted by Crippen LogP contribution is 2.37. The minimum atomic E-state index is -0.403. The summed E-state index contributed by atoms with van der Waals surface area (Å²) in [6, 6.07) is 12.2. The van der Waals surface area contributed by atoms with E-state index in [1.807, 2.05) is 6.20 Å². The highest BCUT2D eigenvalue weighted by Gasteiger charge is 2.33. The smallest absolute Gasteiger partial charge is 0.404 e. The normalized spacial score (nSPS) is 18.2. The van der Waals surface area contributed by atoms with Gasteiger partial charge in [-0.05, 0) is 64.5 Å². The van der Waals surface area contributed by atoms with E-state index in [0.29, 0.717) is 18.8 Å². The van der Waals surface area contributed by atoms with Crippen molar-refractivity contribution in [3.8, 4) is 5.75 Å². The number of carbonyl (C=O) groups is 1. The summed E-state index contributed by atoms with van der Waals surface area (Å²) in [4.78, 5) is 21.7. The number of benzene rings is 1. The molecule has 3 heterocycles. The van der Waals surface area contributed by atoms with Crippen LogP contribution in [0.3, 0.4) is 0 Å². The van der Waals surface area contributed by atoms with Crippen LogP contribution in [0.4, 0.5) is 4.79 Å². The summed E-state index contributed by atoms with van der Waals surface area (Å²) in [6.45, 7) is 4.71. The minimum Gasteiger partial charge on any atom is -0.404 e. The number of aromatic nitrogens is 2. The van der Waals surface area contributed by atoms with Crippen molar-refractivity contribution in [1.29, 1.82) is 0 Å². The van der Waals surface area contributed by atoms with Gasteiger partial charge in [0.2, 0.25) is 11.9 Å². The SMILES string of the molecule is Cc1ccc2c(c1)CCc1cc(Br)cnc1C2N1CCN(C(=O)Oc2ccc[n+](O)c2)CC1. The van der Waals surface area contributed by atoms with Crippen LogP contribution in [0.25, 0.3) is 0 Å². The maximum Gasteiger partial charge on any atom is 0.415 e. The van der Waals surface area contributed by atoms with Gasteiger partial charge in [0, 0.05) is 47.6 Å². The summed E-state index contributed by atoms with van der Waals surface area (Å²) in [6.07, 6.45) is 6.26. The maximum atomic E-state index is 12.7. The van der Waals surface area contributed by atoms with Crippen molar-refractivity contribution in [2.45, 2.75) is 25.8 Å². The van der Waals surface area contributed by atoms with Gasteiger partial charge in [0.05, 0.1) is 11.7 Å². The van der Waals surface area contributed by atoms with Gasteiger partial charge in [-0.3, -0.25) is 15.1 Å². The van der Waals surface area contributed by atoms with Crippen LogP contribution in [-0.4, -0.2) is 52.3 Å². The standard InChI is InChI=1S/C25H26BrN4O3/c1-17-4-7-22-18(13-17)5-6-19-14-20(26)15-27-23(19)24(22)28-9-11-29(12-10-28)25(31)33-21-3-2-8-30(32)16-21/h2-4,7-8,13-16,24,32H,5-6,9-12H2,1H3/q+1. The number of aryl methyl sites for hydroxylation is 3. The number of ether oxygens (including phenoxy) is 1. The number of rotatable bonds is 2. The lowest BCUT2D eigenvalue weighted by Crippen LogP contribution is -2.51. The molecular formula is C25H26BrN4O3+. The molecule has 33 heavy (non-hydrogen) atoms. The van der Waals surface area contributed by atoms with Crippen LogP contribution in [0.1, 0.15) is 34.0 Å². The summed E-state index contributed by atoms with van der Waals surface area (Å²) in [5.74, 6) is 0.309. The molecular weight excluding hydrogens is 484 g/mol. The van der Waals surface area contributed by atoms with Gasteiger partial charge in [0.1, 0.15) is 0 Å². The zero-order valence-corrected chi connectivity index (χ0v) is 20.0. The van der Waals surface area contributed by atoms with E-state index >= 15 is 0 Å². The van der Waals surface area contributed by atoms with E-state index in [0.717, 1.165) is 40.8 Å². The fourth-order valence-electron chi connectivity index (χ4n) is 4.77. The molecule has 0 radical (unpaired) electrons. The first-order valence-corrected chi connectivity index (χ1v) is 11.9. The second-order valence-electron chi connectivity index (χ2n) is 8.61. The number of piperazine rings is 1. The fraction of sp³-hybridized carbons (Fsp3) is 0.320. The van der Waals surface area contributed by atoms with Crippen molar-refractivity contribution >= 4 is 22.0 Å². The molecule has 1 N–H and O–H groups in total. The Balaban J connectivity index is 1.37. The van der Waals surface area contributed by atoms with E-state index < -0.39 is 6.09 Å². The number of halogens is 1. The minimum absolute atomic E-state index is 0.0619. The van der Waals surface area contributed by atoms with Gasteiger partial charge in [-0.25, -0.2) is 4.79 Å². The predicted octanol–water partition coefficient (Wildman–Crippen LogP) is 3.68. The Morgan fingerprint density at radius 2 is 1.94 bits per heavy atom. The Bertz CT molecular complexity index is 1140. The zero-order valence-electron chi connectivity index (χ0n) is 18.4. The molecule has 1 fully saturated rings. The Morgan fingerprint density at radius 3 is 2.73 bits per heavy atom. The molecule has 0 saturated carbocycles. The van der Waals surface area contributed by atoms with E-state index in [1.165, 1.54) is 34.6 Å². The maximum absolute atomic E-state index is 12.7. The monoisotopic (exact) mass is 509 g/mol. The summed E-state index contributed by atoms with van der Waals surface area (Å²) in [5.41, 5.74) is 6.32. The molecule has 1 unspecified atom stereocenters. The number of hydrogen-bond donors (Lipinski definition) is 1. The van der Waals surface area contributed by atoms with Crippen molar-refractivity contribution in [2.24, 2.45) is 0 Å². The van der Waals surface area contributed by atoms with E-state index in [9.17, 15) is 10.0 Å². The highest BCUT2D eigenvalue weighted by atomic mass is 79.9. The Hall–Kier alpha value is -2.97. The van der Waals surface area contributed by atoms with E-state index in [-0.39, 0.29) is 6.04 Å². The summed E-state index contributed by atoms with van der Waals surface area (Å²) < 4.78 is 7.31. The largest absolute Gasteiger partial charge is 0.415 e. The molecule has 2 aromatic heterocycles. The Morgan fingerprint density at radius 1 is 1.15 bits per heavy atom. The van der Waals surface area contributed by atoms with Crippen molar-refractivity contribution in [3.63, 3.8) is 0 Å². The summed E-state index contributed by atoms with van der Waals surface area (Å²) in [7, 11) is 0. The third-order valence-electron chi connectivity index (χ3n) is 6.39. The van der Waals surface area contributed by atoms with Crippen molar-refractivity contribution in [1.82, 2.24) is 14.8 Å². The van der Waals surface area contributed by atoms with Crippen LogP contribution in [0, 0.1) is 6.92 Å². The van der Waals surface area contributed by atoms with Crippen LogP contribution in [0.15, 0.2) is 59.5 Å². The molecule has 8 heteroatoms. The highest BCUT2D eigenvalue weighted by molar-refractivity contribution is 9.10. The molecule has 5 rings (SSSR count). The average molecular weight is 510 g/mol. The number of pyridine rings is 2. The van der Waals surface area contributed by atoms with Gasteiger partial charge in [0.15, 0.2) is 0 Å². The van der Waals surface area contributed by atoms with Crippen LogP contribution in [0.5, 0.6) is 5.75 Å². The van der Waals surface area contributed by atoms with Crippen LogP contribution in [0.2, 0.25) is 0 Å². The fourth-order valence-corrected chi connectivity index (χ4v) is 5.15. The lowest BCUT2D eigenvalue weighted by atomic mass is 9.94. The lowest BCUT2D eigenvalue weighted by molar-refractivity contribution is -0.904. The molecule has 7 nitrogen and oxygen atoms in total. The van der Waals surface area contributed by atoms with Gasteiger partial charge < -0.3 is 9.64 Å². The third kappa shape index (κ3) is 4.58. The molecule has 1 saturated heterocycles. The molecule has 1 amide bonds. The molecule has 1 aliphatic heterocycles. The number of carbonyl (C=O) groups excluding carboxylic acids is 1. The van der Waals surface area contributed by atoms with E-state index in [4.69, 9.17) is 9.72 Å². The van der Waals surface area contributed by atoms with Gasteiger partial charge in [-0.2, -0.15) is 0 Å². The third-order valence-corrected chi connectivity index (χ3v) is 6.82. The Labute approximate surface area is 201 Å². The molecule has 0 bridgehead atoms. The lowest BCUT2D eigenvalue weighted by Gasteiger charge is -2.39. The molecule has 2 aliphatic rings. The van der Waals surface area contributed by atoms with E-state index in [2.05, 4.69) is 52.0 Å². The van der Waals surface area contributed by atoms with Crippen LogP contribution in [-0.2, 0) is 12.8 Å². The molecule has 1 atom stereocenters. The van der Waals surface area contributed by atoms with Crippen molar-refractivity contribution < 1.29 is 19.5 Å². The second-order valence-corrected chi connectivity index (χ2v) is 9.53. The molecule has 3 aromatic rings. The second kappa shape index (κ2) is 9.11.